The Morgan fingerprint density at radius 2 is 1.26 bits per heavy atom. The van der Waals surface area contributed by atoms with Crippen LogP contribution in [0.4, 0.5) is 0 Å². The van der Waals surface area contributed by atoms with Crippen molar-refractivity contribution in [2.75, 3.05) is 33.0 Å². The molecule has 4 aliphatic heterocycles. The van der Waals surface area contributed by atoms with Gasteiger partial charge in [0.2, 0.25) is 5.91 Å². The molecule has 0 aliphatic carbocycles. The van der Waals surface area contributed by atoms with Gasteiger partial charge in [-0.05, 0) is 19.3 Å². The number of nitrogens with zero attached hydrogens (tertiary/aromatic N) is 1. The molecule has 53 heavy (non-hydrogen) atoms. The molecular formula is C31H50N2O20. The Kier molecular flexibility index (Phi) is 16.6. The van der Waals surface area contributed by atoms with E-state index in [1.54, 1.807) is 0 Å². The van der Waals surface area contributed by atoms with Crippen LogP contribution in [-0.2, 0) is 52.4 Å². The van der Waals surface area contributed by atoms with Gasteiger partial charge in [0.05, 0.1) is 38.6 Å². The van der Waals surface area contributed by atoms with E-state index in [0.717, 1.165) is 0 Å². The second-order valence-corrected chi connectivity index (χ2v) is 13.1. The summed E-state index contributed by atoms with van der Waals surface area (Å²) in [5.41, 5.74) is 0. The summed E-state index contributed by atoms with van der Waals surface area (Å²) in [5, 5.41) is 94.5. The van der Waals surface area contributed by atoms with E-state index in [4.69, 9.17) is 33.3 Å². The molecule has 22 nitrogen and oxygen atoms in total. The van der Waals surface area contributed by atoms with Crippen molar-refractivity contribution in [1.29, 1.82) is 0 Å². The molecular weight excluding hydrogens is 720 g/mol. The van der Waals surface area contributed by atoms with Gasteiger partial charge in [0.15, 0.2) is 18.9 Å². The molecule has 10 unspecified atom stereocenters. The lowest BCUT2D eigenvalue weighted by atomic mass is 9.98. The first-order valence-corrected chi connectivity index (χ1v) is 17.4. The lowest BCUT2D eigenvalue weighted by Gasteiger charge is -2.44. The smallest absolute Gasteiger partial charge is 0.333 e. The van der Waals surface area contributed by atoms with Gasteiger partial charge in [0.1, 0.15) is 54.9 Å². The maximum atomic E-state index is 12.2. The highest BCUT2D eigenvalue weighted by molar-refractivity contribution is 6.01. The van der Waals surface area contributed by atoms with Crippen molar-refractivity contribution in [2.45, 2.75) is 137 Å². The van der Waals surface area contributed by atoms with Crippen molar-refractivity contribution < 1.29 is 98.4 Å². The molecule has 4 aliphatic rings. The summed E-state index contributed by atoms with van der Waals surface area (Å²) < 4.78 is 33.7. The van der Waals surface area contributed by atoms with E-state index in [-0.39, 0.29) is 70.6 Å². The Morgan fingerprint density at radius 1 is 0.698 bits per heavy atom. The molecule has 304 valence electrons. The van der Waals surface area contributed by atoms with E-state index in [1.165, 1.54) is 0 Å². The average Bonchev–Trinajstić information content (AvgIpc) is 3.45. The van der Waals surface area contributed by atoms with Crippen LogP contribution in [0.25, 0.3) is 0 Å². The summed E-state index contributed by atoms with van der Waals surface area (Å²) in [6.07, 6.45) is -20.4. The fraction of sp³-hybridized carbons (Fsp3) is 0.871. The van der Waals surface area contributed by atoms with Crippen LogP contribution in [0.3, 0.4) is 0 Å². The third kappa shape index (κ3) is 11.5. The molecule has 4 rings (SSSR count). The summed E-state index contributed by atoms with van der Waals surface area (Å²) >= 11 is 0. The van der Waals surface area contributed by atoms with Gasteiger partial charge in [-0.2, -0.15) is 0 Å². The van der Waals surface area contributed by atoms with Crippen molar-refractivity contribution >= 4 is 23.7 Å². The molecule has 0 aromatic rings. The Balaban J connectivity index is 1.25. The number of aliphatic hydroxyl groups excluding tert-OH is 9. The second-order valence-electron chi connectivity index (χ2n) is 13.1. The van der Waals surface area contributed by atoms with E-state index in [1.807, 2.05) is 0 Å². The van der Waals surface area contributed by atoms with Crippen molar-refractivity contribution in [3.8, 4) is 0 Å². The minimum absolute atomic E-state index is 0.0178. The van der Waals surface area contributed by atoms with Gasteiger partial charge in [-0.25, -0.2) is 4.79 Å². The predicted octanol–water partition coefficient (Wildman–Crippen LogP) is -5.85. The number of hydrogen-bond donors (Lipinski definition) is 10. The van der Waals surface area contributed by atoms with Gasteiger partial charge in [-0.15, -0.1) is 5.06 Å². The van der Waals surface area contributed by atoms with Crippen molar-refractivity contribution in [2.24, 2.45) is 0 Å². The van der Waals surface area contributed by atoms with Gasteiger partial charge in [0.25, 0.3) is 11.8 Å². The van der Waals surface area contributed by atoms with E-state index >= 15 is 0 Å². The maximum Gasteiger partial charge on any atom is 0.333 e. The molecule has 0 bridgehead atoms. The average molecular weight is 771 g/mol. The number of ether oxygens (including phenoxy) is 6. The topological polar surface area (TPSA) is 330 Å². The predicted molar refractivity (Wildman–Crippen MR) is 167 cm³/mol. The molecule has 22 heteroatoms. The van der Waals surface area contributed by atoms with E-state index in [2.05, 4.69) is 5.32 Å². The van der Waals surface area contributed by atoms with Gasteiger partial charge in [-0.3, -0.25) is 14.4 Å². The Hall–Kier alpha value is -2.52. The molecule has 3 amide bonds. The van der Waals surface area contributed by atoms with Crippen LogP contribution in [0, 0.1) is 0 Å². The molecule has 0 spiro atoms. The Labute approximate surface area is 303 Å². The number of carbonyl (C=O) groups is 4. The van der Waals surface area contributed by atoms with E-state index < -0.39 is 117 Å². The molecule has 14 atom stereocenters. The highest BCUT2D eigenvalue weighted by atomic mass is 16.7. The zero-order valence-electron chi connectivity index (χ0n) is 28.7. The van der Waals surface area contributed by atoms with E-state index in [9.17, 15) is 65.1 Å². The maximum absolute atomic E-state index is 12.2. The van der Waals surface area contributed by atoms with Crippen molar-refractivity contribution in [3.63, 3.8) is 0 Å². The normalized spacial score (nSPS) is 37.9. The number of unbranched alkanes of at least 4 members (excludes halogenated alkanes) is 1. The van der Waals surface area contributed by atoms with Crippen LogP contribution >= 0.6 is 0 Å². The summed E-state index contributed by atoms with van der Waals surface area (Å²) in [6, 6.07) is 0. The van der Waals surface area contributed by atoms with Gasteiger partial charge < -0.3 is 84.5 Å². The summed E-state index contributed by atoms with van der Waals surface area (Å²) in [7, 11) is 0. The fourth-order valence-corrected chi connectivity index (χ4v) is 5.99. The Bertz CT molecular complexity index is 1190. The Morgan fingerprint density at radius 3 is 1.89 bits per heavy atom. The van der Waals surface area contributed by atoms with Crippen LogP contribution in [0.2, 0.25) is 0 Å². The zero-order chi connectivity index (χ0) is 38.8. The SMILES string of the molecule is O=C(CCCCC(=O)ON1C(=O)CCC1=O)NCCCOC1OC(CO[C@H]2OC(CO)[C@@H](O)C(O)C2O)CC(O[C@H]2OC(CO)[C@@H](O)C(O)C2O)C1O. The lowest BCUT2D eigenvalue weighted by Crippen LogP contribution is -2.62. The minimum atomic E-state index is -1.78. The minimum Gasteiger partial charge on any atom is -0.394 e. The monoisotopic (exact) mass is 770 g/mol. The fourth-order valence-electron chi connectivity index (χ4n) is 5.99. The summed E-state index contributed by atoms with van der Waals surface area (Å²) in [6.45, 7) is -1.69. The summed E-state index contributed by atoms with van der Waals surface area (Å²) in [4.78, 5) is 52.0. The number of rotatable bonds is 18. The highest BCUT2D eigenvalue weighted by Crippen LogP contribution is 2.30. The molecule has 0 radical (unpaired) electrons. The molecule has 0 aromatic heterocycles. The quantitative estimate of drug-likeness (QED) is 0.0458. The first-order valence-electron chi connectivity index (χ1n) is 17.4. The second kappa shape index (κ2) is 20.4. The van der Waals surface area contributed by atoms with Crippen LogP contribution in [0.15, 0.2) is 0 Å². The van der Waals surface area contributed by atoms with Crippen molar-refractivity contribution in [1.82, 2.24) is 10.4 Å². The van der Waals surface area contributed by atoms with Gasteiger partial charge in [0, 0.05) is 38.6 Å². The zero-order valence-corrected chi connectivity index (χ0v) is 28.7. The number of imide groups is 1. The third-order valence-corrected chi connectivity index (χ3v) is 9.09. The lowest BCUT2D eigenvalue weighted by molar-refractivity contribution is -0.348. The van der Waals surface area contributed by atoms with Crippen molar-refractivity contribution in [3.05, 3.63) is 0 Å². The van der Waals surface area contributed by atoms with E-state index in [0.29, 0.717) is 11.5 Å². The number of aliphatic hydroxyl groups is 9. The standard InChI is InChI=1S/C31H50N2O20/c34-11-16-22(40)25(43)27(45)30(51-16)48-13-14-10-15(50-31-28(46)26(44)23(41)17(12-35)52-31)24(42)29(49-14)47-9-3-8-32-18(36)4-1-2-5-21(39)53-33-19(37)6-7-20(33)38/h14-17,22-31,34-35,40-46H,1-13H2,(H,32,36)/t14?,15?,16?,17?,22-,23-,24?,25?,26?,27?,28?,29?,30+,31+/m1/s1. The van der Waals surface area contributed by atoms with Crippen LogP contribution in [0.5, 0.6) is 0 Å². The number of hydroxylamine groups is 2. The number of nitrogens with one attached hydrogen (secondary N) is 1. The number of amides is 3. The molecule has 4 heterocycles. The first-order chi connectivity index (χ1) is 25.2. The highest BCUT2D eigenvalue weighted by Gasteiger charge is 2.49. The third-order valence-electron chi connectivity index (χ3n) is 9.09. The molecule has 4 fully saturated rings. The molecule has 10 N–H and O–H groups in total. The largest absolute Gasteiger partial charge is 0.394 e. The van der Waals surface area contributed by atoms with Crippen LogP contribution in [0.1, 0.15) is 51.4 Å². The first kappa shape index (κ1) is 43.2. The van der Waals surface area contributed by atoms with Gasteiger partial charge in [-0.1, -0.05) is 0 Å². The number of carbonyl (C=O) groups excluding carboxylic acids is 4. The molecule has 4 saturated heterocycles. The number of hydrogen-bond acceptors (Lipinski definition) is 20. The molecule has 0 aromatic carbocycles. The summed E-state index contributed by atoms with van der Waals surface area (Å²) in [5.74, 6) is -2.26. The van der Waals surface area contributed by atoms with Gasteiger partial charge >= 0.3 is 5.97 Å². The van der Waals surface area contributed by atoms with Crippen LogP contribution in [-0.4, -0.2) is 194 Å². The van der Waals surface area contributed by atoms with Crippen LogP contribution < -0.4 is 5.32 Å². The molecule has 0 saturated carbocycles.